The minimum Gasteiger partial charge on any atom is -0.390 e. The third kappa shape index (κ3) is 2.32. The van der Waals surface area contributed by atoms with Crippen molar-refractivity contribution in [3.63, 3.8) is 0 Å². The monoisotopic (exact) mass is 223 g/mol. The summed E-state index contributed by atoms with van der Waals surface area (Å²) in [5, 5.41) is 21.6. The molecule has 1 saturated heterocycles. The van der Waals surface area contributed by atoms with Gasteiger partial charge in [0.1, 0.15) is 0 Å². The number of anilines is 1. The summed E-state index contributed by atoms with van der Waals surface area (Å²) < 4.78 is 0. The minimum atomic E-state index is -0.0902. The first kappa shape index (κ1) is 11.3. The van der Waals surface area contributed by atoms with E-state index in [1.165, 1.54) is 0 Å². The Labute approximate surface area is 94.7 Å². The summed E-state index contributed by atoms with van der Waals surface area (Å²) in [6.45, 7) is 3.57. The number of aliphatic hydroxyl groups excluding tert-OH is 2. The van der Waals surface area contributed by atoms with E-state index in [1.54, 1.807) is 6.07 Å². The molecule has 1 aromatic rings. The number of nitrogens with one attached hydrogen (secondary N) is 1. The van der Waals surface area contributed by atoms with E-state index in [0.717, 1.165) is 31.9 Å². The molecule has 88 valence electrons. The summed E-state index contributed by atoms with van der Waals surface area (Å²) in [7, 11) is 0. The van der Waals surface area contributed by atoms with Crippen LogP contribution in [0.5, 0.6) is 0 Å². The van der Waals surface area contributed by atoms with Crippen molar-refractivity contribution in [1.82, 2.24) is 10.3 Å². The molecular weight excluding hydrogens is 206 g/mol. The van der Waals surface area contributed by atoms with Crippen LogP contribution in [-0.4, -0.2) is 41.4 Å². The van der Waals surface area contributed by atoms with Crippen LogP contribution in [0.25, 0.3) is 0 Å². The summed E-state index contributed by atoms with van der Waals surface area (Å²) in [4.78, 5) is 6.43. The predicted molar refractivity (Wildman–Crippen MR) is 61.2 cm³/mol. The van der Waals surface area contributed by atoms with Gasteiger partial charge in [-0.2, -0.15) is 0 Å². The summed E-state index contributed by atoms with van der Waals surface area (Å²) in [5.74, 6) is 0. The highest BCUT2D eigenvalue weighted by Crippen LogP contribution is 2.20. The Morgan fingerprint density at radius 1 is 1.19 bits per heavy atom. The molecule has 0 radical (unpaired) electrons. The number of aromatic nitrogens is 1. The summed E-state index contributed by atoms with van der Waals surface area (Å²) in [6, 6.07) is 3.73. The second-order valence-electron chi connectivity index (χ2n) is 3.82. The van der Waals surface area contributed by atoms with E-state index in [0.29, 0.717) is 11.4 Å². The standard InChI is InChI=1S/C11H17N3O2/c15-7-9-1-2-11(10(8-16)13-9)14-5-3-12-4-6-14/h1-2,12,15-16H,3-8H2. The Balaban J connectivity index is 2.24. The third-order valence-electron chi connectivity index (χ3n) is 2.78. The number of rotatable bonds is 3. The van der Waals surface area contributed by atoms with Gasteiger partial charge < -0.3 is 20.4 Å². The Kier molecular flexibility index (Phi) is 3.71. The molecule has 0 amide bonds. The predicted octanol–water partition coefficient (Wildman–Crippen LogP) is -0.524. The van der Waals surface area contributed by atoms with Crippen LogP contribution < -0.4 is 10.2 Å². The van der Waals surface area contributed by atoms with Gasteiger partial charge in [0.2, 0.25) is 0 Å². The van der Waals surface area contributed by atoms with Gasteiger partial charge in [-0.1, -0.05) is 0 Å². The van der Waals surface area contributed by atoms with Gasteiger partial charge in [-0.3, -0.25) is 4.98 Å². The van der Waals surface area contributed by atoms with Gasteiger partial charge in [-0.15, -0.1) is 0 Å². The van der Waals surface area contributed by atoms with E-state index in [9.17, 15) is 5.11 Å². The molecule has 2 rings (SSSR count). The molecule has 0 aromatic carbocycles. The second-order valence-corrected chi connectivity index (χ2v) is 3.82. The van der Waals surface area contributed by atoms with E-state index in [2.05, 4.69) is 15.2 Å². The molecule has 0 bridgehead atoms. The SMILES string of the molecule is OCc1ccc(N2CCNCC2)c(CO)n1. The normalized spacial score (nSPS) is 16.5. The van der Waals surface area contributed by atoms with Gasteiger partial charge in [-0.05, 0) is 12.1 Å². The molecule has 0 spiro atoms. The molecule has 1 aliphatic rings. The fraction of sp³-hybridized carbons (Fsp3) is 0.545. The van der Waals surface area contributed by atoms with Crippen molar-refractivity contribution in [3.05, 3.63) is 23.5 Å². The van der Waals surface area contributed by atoms with E-state index in [4.69, 9.17) is 5.11 Å². The van der Waals surface area contributed by atoms with Crippen molar-refractivity contribution in [2.24, 2.45) is 0 Å². The van der Waals surface area contributed by atoms with E-state index in [1.807, 2.05) is 6.07 Å². The summed E-state index contributed by atoms with van der Waals surface area (Å²) in [6.07, 6.45) is 0. The Hall–Kier alpha value is -1.17. The van der Waals surface area contributed by atoms with Crippen molar-refractivity contribution < 1.29 is 10.2 Å². The van der Waals surface area contributed by atoms with Crippen LogP contribution in [0.15, 0.2) is 12.1 Å². The Morgan fingerprint density at radius 3 is 2.56 bits per heavy atom. The lowest BCUT2D eigenvalue weighted by atomic mass is 10.2. The van der Waals surface area contributed by atoms with Crippen molar-refractivity contribution in [2.45, 2.75) is 13.2 Å². The Morgan fingerprint density at radius 2 is 1.94 bits per heavy atom. The average Bonchev–Trinajstić information content (AvgIpc) is 2.39. The molecule has 0 saturated carbocycles. The molecule has 16 heavy (non-hydrogen) atoms. The lowest BCUT2D eigenvalue weighted by Gasteiger charge is -2.30. The first-order valence-corrected chi connectivity index (χ1v) is 5.51. The highest BCUT2D eigenvalue weighted by molar-refractivity contribution is 5.51. The van der Waals surface area contributed by atoms with Gasteiger partial charge in [0, 0.05) is 26.2 Å². The first-order chi connectivity index (χ1) is 7.85. The van der Waals surface area contributed by atoms with Crippen LogP contribution in [-0.2, 0) is 13.2 Å². The second kappa shape index (κ2) is 5.25. The van der Waals surface area contributed by atoms with E-state index in [-0.39, 0.29) is 13.2 Å². The number of aliphatic hydroxyl groups is 2. The van der Waals surface area contributed by atoms with E-state index < -0.39 is 0 Å². The molecule has 0 unspecified atom stereocenters. The maximum Gasteiger partial charge on any atom is 0.0895 e. The molecule has 1 aromatic heterocycles. The quantitative estimate of drug-likeness (QED) is 0.643. The van der Waals surface area contributed by atoms with Gasteiger partial charge in [-0.25, -0.2) is 0 Å². The fourth-order valence-electron chi connectivity index (χ4n) is 1.94. The van der Waals surface area contributed by atoms with Gasteiger partial charge in [0.25, 0.3) is 0 Å². The highest BCUT2D eigenvalue weighted by atomic mass is 16.3. The molecule has 1 fully saturated rings. The highest BCUT2D eigenvalue weighted by Gasteiger charge is 2.14. The largest absolute Gasteiger partial charge is 0.390 e. The fourth-order valence-corrected chi connectivity index (χ4v) is 1.94. The van der Waals surface area contributed by atoms with Crippen LogP contribution in [0, 0.1) is 0 Å². The molecule has 0 aliphatic carbocycles. The zero-order chi connectivity index (χ0) is 11.4. The van der Waals surface area contributed by atoms with Crippen LogP contribution in [0.2, 0.25) is 0 Å². The van der Waals surface area contributed by atoms with Crippen molar-refractivity contribution >= 4 is 5.69 Å². The van der Waals surface area contributed by atoms with Crippen molar-refractivity contribution in [3.8, 4) is 0 Å². The van der Waals surface area contributed by atoms with Gasteiger partial charge in [0.05, 0.1) is 30.3 Å². The molecule has 1 aliphatic heterocycles. The topological polar surface area (TPSA) is 68.6 Å². The summed E-state index contributed by atoms with van der Waals surface area (Å²) in [5.41, 5.74) is 2.22. The molecular formula is C11H17N3O2. The number of hydrogen-bond acceptors (Lipinski definition) is 5. The smallest absolute Gasteiger partial charge is 0.0895 e. The maximum atomic E-state index is 9.28. The van der Waals surface area contributed by atoms with E-state index >= 15 is 0 Å². The third-order valence-corrected chi connectivity index (χ3v) is 2.78. The lowest BCUT2D eigenvalue weighted by molar-refractivity contribution is 0.265. The first-order valence-electron chi connectivity index (χ1n) is 5.51. The minimum absolute atomic E-state index is 0.0885. The van der Waals surface area contributed by atoms with Crippen LogP contribution in [0.1, 0.15) is 11.4 Å². The lowest BCUT2D eigenvalue weighted by Crippen LogP contribution is -2.44. The Bertz CT molecular complexity index is 351. The van der Waals surface area contributed by atoms with Crippen LogP contribution >= 0.6 is 0 Å². The van der Waals surface area contributed by atoms with Crippen LogP contribution in [0.3, 0.4) is 0 Å². The molecule has 0 atom stereocenters. The van der Waals surface area contributed by atoms with Gasteiger partial charge in [0.15, 0.2) is 0 Å². The summed E-state index contributed by atoms with van der Waals surface area (Å²) >= 11 is 0. The molecule has 5 heteroatoms. The number of nitrogens with zero attached hydrogens (tertiary/aromatic N) is 2. The van der Waals surface area contributed by atoms with Gasteiger partial charge >= 0.3 is 0 Å². The zero-order valence-electron chi connectivity index (χ0n) is 9.19. The molecule has 2 heterocycles. The number of hydrogen-bond donors (Lipinski definition) is 3. The van der Waals surface area contributed by atoms with Crippen molar-refractivity contribution in [1.29, 1.82) is 0 Å². The zero-order valence-corrected chi connectivity index (χ0v) is 9.19. The van der Waals surface area contributed by atoms with Crippen molar-refractivity contribution in [2.75, 3.05) is 31.1 Å². The molecule has 3 N–H and O–H groups in total. The number of pyridine rings is 1. The van der Waals surface area contributed by atoms with Crippen LogP contribution in [0.4, 0.5) is 5.69 Å². The molecule has 5 nitrogen and oxygen atoms in total. The average molecular weight is 223 g/mol. The maximum absolute atomic E-state index is 9.28. The number of piperazine rings is 1.